The fourth-order valence-electron chi connectivity index (χ4n) is 3.00. The maximum absolute atomic E-state index is 12.0. The highest BCUT2D eigenvalue weighted by Crippen LogP contribution is 2.31. The van der Waals surface area contributed by atoms with Crippen LogP contribution in [0.2, 0.25) is 0 Å². The van der Waals surface area contributed by atoms with Gasteiger partial charge in [0.1, 0.15) is 0 Å². The van der Waals surface area contributed by atoms with Gasteiger partial charge in [-0.15, -0.1) is 0 Å². The van der Waals surface area contributed by atoms with Gasteiger partial charge in [-0.25, -0.2) is 0 Å². The first-order chi connectivity index (χ1) is 9.49. The Morgan fingerprint density at radius 2 is 2.00 bits per heavy atom. The van der Waals surface area contributed by atoms with Gasteiger partial charge in [0.05, 0.1) is 0 Å². The third-order valence-corrected chi connectivity index (χ3v) is 4.57. The van der Waals surface area contributed by atoms with E-state index in [1.54, 1.807) is 19.0 Å². The molecule has 2 rings (SSSR count). The van der Waals surface area contributed by atoms with E-state index in [4.69, 9.17) is 0 Å². The van der Waals surface area contributed by atoms with Crippen LogP contribution in [0.5, 0.6) is 0 Å². The number of nitrogens with one attached hydrogen (secondary N) is 1. The van der Waals surface area contributed by atoms with Crippen molar-refractivity contribution in [3.63, 3.8) is 0 Å². The molecule has 1 aromatic carbocycles. The molecule has 0 heterocycles. The second-order valence-electron chi connectivity index (χ2n) is 6.30. The Morgan fingerprint density at radius 1 is 1.25 bits per heavy atom. The smallest absolute Gasteiger partial charge is 0.253 e. The summed E-state index contributed by atoms with van der Waals surface area (Å²) >= 11 is 0. The molecule has 0 aromatic heterocycles. The van der Waals surface area contributed by atoms with Crippen LogP contribution in [0.3, 0.4) is 0 Å². The van der Waals surface area contributed by atoms with Gasteiger partial charge in [0.2, 0.25) is 0 Å². The highest BCUT2D eigenvalue weighted by Gasteiger charge is 2.26. The summed E-state index contributed by atoms with van der Waals surface area (Å²) in [4.78, 5) is 13.6. The number of nitrogens with zero attached hydrogens (tertiary/aromatic N) is 1. The first-order valence-corrected chi connectivity index (χ1v) is 7.57. The molecule has 0 radical (unpaired) electrons. The molecule has 3 atom stereocenters. The van der Waals surface area contributed by atoms with E-state index in [1.807, 2.05) is 18.2 Å². The Morgan fingerprint density at radius 3 is 2.70 bits per heavy atom. The van der Waals surface area contributed by atoms with Crippen molar-refractivity contribution in [1.29, 1.82) is 0 Å². The van der Waals surface area contributed by atoms with Gasteiger partial charge in [0, 0.05) is 31.4 Å². The maximum Gasteiger partial charge on any atom is 0.253 e. The van der Waals surface area contributed by atoms with Gasteiger partial charge < -0.3 is 10.2 Å². The number of hydrogen-bond acceptors (Lipinski definition) is 2. The molecular weight excluding hydrogens is 248 g/mol. The number of carbonyl (C=O) groups excluding carboxylic acids is 1. The summed E-state index contributed by atoms with van der Waals surface area (Å²) in [7, 11) is 3.57. The minimum Gasteiger partial charge on any atom is -0.382 e. The number of anilines is 1. The standard InChI is InChI=1S/C17H26N2O/c1-12-7-5-10-16(13(12)2)18-15-9-6-8-14(11-15)17(20)19(3)4/h6,8-9,11-13,16,18H,5,7,10H2,1-4H3. The zero-order chi connectivity index (χ0) is 14.7. The van der Waals surface area contributed by atoms with Crippen LogP contribution in [0.4, 0.5) is 5.69 Å². The Balaban J connectivity index is 2.10. The van der Waals surface area contributed by atoms with Crippen molar-refractivity contribution in [2.45, 2.75) is 39.2 Å². The summed E-state index contributed by atoms with van der Waals surface area (Å²) in [6, 6.07) is 8.37. The molecule has 3 unspecified atom stereocenters. The summed E-state index contributed by atoms with van der Waals surface area (Å²) < 4.78 is 0. The number of benzene rings is 1. The summed E-state index contributed by atoms with van der Waals surface area (Å²) in [6.45, 7) is 4.67. The summed E-state index contributed by atoms with van der Waals surface area (Å²) in [5.74, 6) is 1.50. The number of amides is 1. The predicted octanol–water partition coefficient (Wildman–Crippen LogP) is 3.63. The zero-order valence-corrected chi connectivity index (χ0v) is 13.0. The summed E-state index contributed by atoms with van der Waals surface area (Å²) in [6.07, 6.45) is 3.84. The average molecular weight is 274 g/mol. The summed E-state index contributed by atoms with van der Waals surface area (Å²) in [5, 5.41) is 3.62. The Hall–Kier alpha value is -1.51. The van der Waals surface area contributed by atoms with Crippen LogP contribution in [-0.4, -0.2) is 30.9 Å². The van der Waals surface area contributed by atoms with E-state index in [9.17, 15) is 4.79 Å². The molecule has 1 aliphatic rings. The van der Waals surface area contributed by atoms with E-state index >= 15 is 0 Å². The van der Waals surface area contributed by atoms with E-state index in [-0.39, 0.29) is 5.91 Å². The fraction of sp³-hybridized carbons (Fsp3) is 0.588. The normalized spacial score (nSPS) is 26.1. The van der Waals surface area contributed by atoms with Crippen molar-refractivity contribution in [2.24, 2.45) is 11.8 Å². The lowest BCUT2D eigenvalue weighted by Gasteiger charge is -2.35. The minimum atomic E-state index is 0.0544. The molecule has 110 valence electrons. The van der Waals surface area contributed by atoms with Crippen molar-refractivity contribution in [3.8, 4) is 0 Å². The lowest BCUT2D eigenvalue weighted by atomic mass is 9.78. The maximum atomic E-state index is 12.0. The van der Waals surface area contributed by atoms with Crippen LogP contribution in [-0.2, 0) is 0 Å². The molecule has 3 heteroatoms. The highest BCUT2D eigenvalue weighted by atomic mass is 16.2. The van der Waals surface area contributed by atoms with Crippen LogP contribution < -0.4 is 5.32 Å². The lowest BCUT2D eigenvalue weighted by Crippen LogP contribution is -2.35. The molecular formula is C17H26N2O. The zero-order valence-electron chi connectivity index (χ0n) is 13.0. The third-order valence-electron chi connectivity index (χ3n) is 4.57. The molecule has 1 saturated carbocycles. The molecule has 1 amide bonds. The van der Waals surface area contributed by atoms with E-state index in [0.29, 0.717) is 12.0 Å². The topological polar surface area (TPSA) is 32.3 Å². The predicted molar refractivity (Wildman–Crippen MR) is 84.0 cm³/mol. The molecule has 0 bridgehead atoms. The minimum absolute atomic E-state index is 0.0544. The first-order valence-electron chi connectivity index (χ1n) is 7.57. The number of hydrogen-bond donors (Lipinski definition) is 1. The van der Waals surface area contributed by atoms with Crippen molar-refractivity contribution >= 4 is 11.6 Å². The van der Waals surface area contributed by atoms with Crippen LogP contribution in [0.1, 0.15) is 43.5 Å². The van der Waals surface area contributed by atoms with Gasteiger partial charge >= 0.3 is 0 Å². The van der Waals surface area contributed by atoms with E-state index < -0.39 is 0 Å². The van der Waals surface area contributed by atoms with Crippen molar-refractivity contribution in [2.75, 3.05) is 19.4 Å². The Labute approximate surface area is 122 Å². The van der Waals surface area contributed by atoms with E-state index in [1.165, 1.54) is 19.3 Å². The Bertz CT molecular complexity index is 470. The van der Waals surface area contributed by atoms with Gasteiger partial charge in [0.15, 0.2) is 0 Å². The van der Waals surface area contributed by atoms with Crippen LogP contribution in [0.25, 0.3) is 0 Å². The second-order valence-corrected chi connectivity index (χ2v) is 6.30. The van der Waals surface area contributed by atoms with Gasteiger partial charge in [-0.3, -0.25) is 4.79 Å². The van der Waals surface area contributed by atoms with E-state index in [2.05, 4.69) is 25.2 Å². The molecule has 0 saturated heterocycles. The van der Waals surface area contributed by atoms with Crippen LogP contribution in [0, 0.1) is 11.8 Å². The van der Waals surface area contributed by atoms with Gasteiger partial charge in [0.25, 0.3) is 5.91 Å². The van der Waals surface area contributed by atoms with Crippen molar-refractivity contribution < 1.29 is 4.79 Å². The SMILES string of the molecule is CC1CCCC(Nc2cccc(C(=O)N(C)C)c2)C1C. The lowest BCUT2D eigenvalue weighted by molar-refractivity contribution is 0.0827. The molecule has 1 N–H and O–H groups in total. The number of carbonyl (C=O) groups is 1. The number of rotatable bonds is 3. The molecule has 0 aliphatic heterocycles. The highest BCUT2D eigenvalue weighted by molar-refractivity contribution is 5.94. The Kier molecular flexibility index (Phi) is 4.69. The largest absolute Gasteiger partial charge is 0.382 e. The molecule has 20 heavy (non-hydrogen) atoms. The van der Waals surface area contributed by atoms with Gasteiger partial charge in [-0.05, 0) is 36.5 Å². The monoisotopic (exact) mass is 274 g/mol. The van der Waals surface area contributed by atoms with Crippen LogP contribution in [0.15, 0.2) is 24.3 Å². The molecule has 1 fully saturated rings. The average Bonchev–Trinajstić information content (AvgIpc) is 2.43. The van der Waals surface area contributed by atoms with E-state index in [0.717, 1.165) is 17.2 Å². The second kappa shape index (κ2) is 6.29. The fourth-order valence-corrected chi connectivity index (χ4v) is 3.00. The summed E-state index contributed by atoms with van der Waals surface area (Å²) in [5.41, 5.74) is 1.81. The first kappa shape index (κ1) is 14.9. The molecule has 0 spiro atoms. The third kappa shape index (κ3) is 3.33. The van der Waals surface area contributed by atoms with Crippen LogP contribution >= 0.6 is 0 Å². The van der Waals surface area contributed by atoms with Gasteiger partial charge in [-0.1, -0.05) is 32.8 Å². The molecule has 1 aromatic rings. The van der Waals surface area contributed by atoms with Gasteiger partial charge in [-0.2, -0.15) is 0 Å². The molecule has 3 nitrogen and oxygen atoms in total. The van der Waals surface area contributed by atoms with Crippen molar-refractivity contribution in [1.82, 2.24) is 4.90 Å². The quantitative estimate of drug-likeness (QED) is 0.913. The molecule has 1 aliphatic carbocycles. The van der Waals surface area contributed by atoms with Crippen molar-refractivity contribution in [3.05, 3.63) is 29.8 Å².